The van der Waals surface area contributed by atoms with Gasteiger partial charge in [-0.15, -0.1) is 0 Å². The van der Waals surface area contributed by atoms with Crippen molar-refractivity contribution in [3.05, 3.63) is 50.7 Å². The fourth-order valence-electron chi connectivity index (χ4n) is 1.24. The largest absolute Gasteiger partial charge is 0.436 e. The van der Waals surface area contributed by atoms with E-state index < -0.39 is 11.4 Å². The fourth-order valence-corrected chi connectivity index (χ4v) is 1.54. The first-order valence-corrected chi connectivity index (χ1v) is 5.52. The number of rotatable bonds is 2. The molecule has 1 aromatic carbocycles. The Kier molecular flexibility index (Phi) is 3.39. The zero-order valence-corrected chi connectivity index (χ0v) is 10.4. The second-order valence-corrected chi connectivity index (χ2v) is 3.97. The van der Waals surface area contributed by atoms with Gasteiger partial charge in [0.15, 0.2) is 0 Å². The van der Waals surface area contributed by atoms with Gasteiger partial charge in [-0.3, -0.25) is 4.79 Å². The molecule has 1 heterocycles. The van der Waals surface area contributed by atoms with Gasteiger partial charge in [-0.25, -0.2) is 9.37 Å². The quantitative estimate of drug-likeness (QED) is 0.923. The number of nitriles is 1. The minimum Gasteiger partial charge on any atom is -0.436 e. The van der Waals surface area contributed by atoms with Crippen LogP contribution in [0.15, 0.2) is 33.8 Å². The number of hydrogen-bond donors (Lipinski definition) is 1. The van der Waals surface area contributed by atoms with Gasteiger partial charge in [0.25, 0.3) is 5.56 Å². The molecule has 0 aliphatic heterocycles. The first-order valence-electron chi connectivity index (χ1n) is 4.73. The molecule has 0 fully saturated rings. The van der Waals surface area contributed by atoms with Crippen LogP contribution in [0.3, 0.4) is 0 Å². The van der Waals surface area contributed by atoms with Crippen LogP contribution in [-0.2, 0) is 0 Å². The lowest BCUT2D eigenvalue weighted by atomic mass is 10.2. The molecular formula is C11H5BrFN3O2. The molecule has 1 aromatic heterocycles. The number of nitrogens with one attached hydrogen (secondary N) is 1. The molecule has 5 nitrogen and oxygen atoms in total. The van der Waals surface area contributed by atoms with Crippen molar-refractivity contribution in [2.75, 3.05) is 0 Å². The maximum atomic E-state index is 13.3. The molecule has 0 radical (unpaired) electrons. The number of aromatic amines is 1. The minimum absolute atomic E-state index is 0.00343. The highest BCUT2D eigenvalue weighted by Crippen LogP contribution is 2.28. The van der Waals surface area contributed by atoms with E-state index in [1.807, 2.05) is 0 Å². The van der Waals surface area contributed by atoms with E-state index in [1.165, 1.54) is 12.1 Å². The van der Waals surface area contributed by atoms with Crippen molar-refractivity contribution in [3.63, 3.8) is 0 Å². The van der Waals surface area contributed by atoms with Gasteiger partial charge < -0.3 is 9.72 Å². The molecule has 0 unspecified atom stereocenters. The van der Waals surface area contributed by atoms with Crippen LogP contribution in [0.4, 0.5) is 4.39 Å². The summed E-state index contributed by atoms with van der Waals surface area (Å²) in [6, 6.07) is 5.64. The summed E-state index contributed by atoms with van der Waals surface area (Å²) < 4.78 is 18.7. The SMILES string of the molecule is N#Cc1c(F)cccc1Oc1nc[nH]c(=O)c1Br. The first-order chi connectivity index (χ1) is 8.63. The Balaban J connectivity index is 2.47. The van der Waals surface area contributed by atoms with Gasteiger partial charge in [-0.1, -0.05) is 6.07 Å². The van der Waals surface area contributed by atoms with E-state index in [9.17, 15) is 9.18 Å². The van der Waals surface area contributed by atoms with Crippen LogP contribution >= 0.6 is 15.9 Å². The second-order valence-electron chi connectivity index (χ2n) is 3.18. The van der Waals surface area contributed by atoms with Crippen LogP contribution in [0.1, 0.15) is 5.56 Å². The van der Waals surface area contributed by atoms with E-state index in [-0.39, 0.29) is 21.7 Å². The van der Waals surface area contributed by atoms with Gasteiger partial charge in [0.05, 0.1) is 6.33 Å². The number of benzene rings is 1. The molecular weight excluding hydrogens is 305 g/mol. The lowest BCUT2D eigenvalue weighted by Gasteiger charge is -2.07. The van der Waals surface area contributed by atoms with Crippen molar-refractivity contribution >= 4 is 15.9 Å². The summed E-state index contributed by atoms with van der Waals surface area (Å²) in [5.74, 6) is -0.742. The Morgan fingerprint density at radius 2 is 2.28 bits per heavy atom. The molecule has 0 saturated heterocycles. The molecule has 0 aliphatic carbocycles. The number of ether oxygens (including phenoxy) is 1. The van der Waals surface area contributed by atoms with Crippen molar-refractivity contribution in [2.24, 2.45) is 0 Å². The van der Waals surface area contributed by atoms with E-state index in [2.05, 4.69) is 25.9 Å². The number of hydrogen-bond acceptors (Lipinski definition) is 4. The monoisotopic (exact) mass is 309 g/mol. The van der Waals surface area contributed by atoms with Gasteiger partial charge in [-0.05, 0) is 28.1 Å². The highest BCUT2D eigenvalue weighted by molar-refractivity contribution is 9.10. The average Bonchev–Trinajstić information content (AvgIpc) is 2.35. The third kappa shape index (κ3) is 2.24. The van der Waals surface area contributed by atoms with Crippen molar-refractivity contribution in [1.82, 2.24) is 9.97 Å². The van der Waals surface area contributed by atoms with Crippen LogP contribution in [-0.4, -0.2) is 9.97 Å². The topological polar surface area (TPSA) is 78.8 Å². The Morgan fingerprint density at radius 3 is 3.00 bits per heavy atom. The van der Waals surface area contributed by atoms with E-state index >= 15 is 0 Å². The zero-order chi connectivity index (χ0) is 13.1. The van der Waals surface area contributed by atoms with E-state index in [4.69, 9.17) is 10.00 Å². The molecule has 0 saturated carbocycles. The van der Waals surface area contributed by atoms with Gasteiger partial charge in [-0.2, -0.15) is 5.26 Å². The Hall–Kier alpha value is -2.20. The van der Waals surface area contributed by atoms with Crippen molar-refractivity contribution in [1.29, 1.82) is 5.26 Å². The predicted octanol–water partition coefficient (Wildman–Crippen LogP) is 2.34. The number of H-pyrrole nitrogens is 1. The van der Waals surface area contributed by atoms with Crippen molar-refractivity contribution in [3.8, 4) is 17.7 Å². The molecule has 0 aliphatic rings. The summed E-state index contributed by atoms with van der Waals surface area (Å²) in [7, 11) is 0. The van der Waals surface area contributed by atoms with Crippen LogP contribution in [0, 0.1) is 17.1 Å². The Morgan fingerprint density at radius 1 is 1.50 bits per heavy atom. The minimum atomic E-state index is -0.698. The second kappa shape index (κ2) is 4.98. The average molecular weight is 310 g/mol. The van der Waals surface area contributed by atoms with Crippen LogP contribution in [0.5, 0.6) is 11.6 Å². The van der Waals surface area contributed by atoms with Gasteiger partial charge in [0.2, 0.25) is 5.88 Å². The third-order valence-electron chi connectivity index (χ3n) is 2.06. The molecule has 1 N–H and O–H groups in total. The van der Waals surface area contributed by atoms with E-state index in [0.717, 1.165) is 12.4 Å². The Labute approximate surface area is 109 Å². The summed E-state index contributed by atoms with van der Waals surface area (Å²) in [5, 5.41) is 8.83. The zero-order valence-electron chi connectivity index (χ0n) is 8.78. The third-order valence-corrected chi connectivity index (χ3v) is 2.76. The van der Waals surface area contributed by atoms with E-state index in [0.29, 0.717) is 0 Å². The summed E-state index contributed by atoms with van der Waals surface area (Å²) in [4.78, 5) is 17.4. The number of aromatic nitrogens is 2. The maximum absolute atomic E-state index is 13.3. The highest BCUT2D eigenvalue weighted by atomic mass is 79.9. The van der Waals surface area contributed by atoms with E-state index in [1.54, 1.807) is 6.07 Å². The number of nitrogens with zero attached hydrogens (tertiary/aromatic N) is 2. The maximum Gasteiger partial charge on any atom is 0.268 e. The molecule has 90 valence electrons. The predicted molar refractivity (Wildman–Crippen MR) is 63.7 cm³/mol. The van der Waals surface area contributed by atoms with Gasteiger partial charge in [0, 0.05) is 0 Å². The first kappa shape index (κ1) is 12.3. The van der Waals surface area contributed by atoms with Crippen LogP contribution in [0.2, 0.25) is 0 Å². The summed E-state index contributed by atoms with van der Waals surface area (Å²) >= 11 is 2.99. The van der Waals surface area contributed by atoms with Crippen molar-refractivity contribution in [2.45, 2.75) is 0 Å². The number of halogens is 2. The highest BCUT2D eigenvalue weighted by Gasteiger charge is 2.13. The summed E-state index contributed by atoms with van der Waals surface area (Å²) in [6.07, 6.45) is 1.15. The molecule has 0 atom stereocenters. The van der Waals surface area contributed by atoms with Gasteiger partial charge in [0.1, 0.15) is 27.7 Å². The summed E-state index contributed by atoms with van der Waals surface area (Å²) in [6.45, 7) is 0. The fraction of sp³-hybridized carbons (Fsp3) is 0. The molecule has 18 heavy (non-hydrogen) atoms. The van der Waals surface area contributed by atoms with Crippen LogP contribution in [0.25, 0.3) is 0 Å². The smallest absolute Gasteiger partial charge is 0.268 e. The molecule has 0 amide bonds. The van der Waals surface area contributed by atoms with Gasteiger partial charge >= 0.3 is 0 Å². The summed E-state index contributed by atoms with van der Waals surface area (Å²) in [5.41, 5.74) is -0.679. The Bertz CT molecular complexity index is 693. The van der Waals surface area contributed by atoms with Crippen molar-refractivity contribution < 1.29 is 9.13 Å². The molecule has 2 rings (SSSR count). The molecule has 7 heteroatoms. The molecule has 0 spiro atoms. The van der Waals surface area contributed by atoms with Crippen LogP contribution < -0.4 is 10.3 Å². The lowest BCUT2D eigenvalue weighted by molar-refractivity contribution is 0.450. The molecule has 2 aromatic rings. The lowest BCUT2D eigenvalue weighted by Crippen LogP contribution is -2.08. The molecule has 0 bridgehead atoms. The normalized spacial score (nSPS) is 9.83. The standard InChI is InChI=1S/C11H5BrFN3O2/c12-9-10(17)15-5-16-11(9)18-8-3-1-2-7(13)6(8)4-14/h1-3,5H,(H,15,16,17).